The first kappa shape index (κ1) is 9.95. The van der Waals surface area contributed by atoms with E-state index < -0.39 is 10.7 Å². The topological polar surface area (TPSA) is 34.1 Å². The highest BCUT2D eigenvalue weighted by Gasteiger charge is 2.17. The van der Waals surface area contributed by atoms with E-state index in [0.717, 1.165) is 12.8 Å². The molecule has 0 fully saturated rings. The zero-order valence-electron chi connectivity index (χ0n) is 6.59. The molecule has 0 aromatic carbocycles. The van der Waals surface area contributed by atoms with Gasteiger partial charge < -0.3 is 0 Å². The zero-order chi connectivity index (χ0) is 8.20. The van der Waals surface area contributed by atoms with Gasteiger partial charge >= 0.3 is 0 Å². The fourth-order valence-electron chi connectivity index (χ4n) is 0.907. The van der Waals surface area contributed by atoms with E-state index in [1.54, 1.807) is 0 Å². The molecular weight excluding hydrogens is 148 g/mol. The van der Waals surface area contributed by atoms with Crippen molar-refractivity contribution >= 4 is 10.7 Å². The van der Waals surface area contributed by atoms with Crippen LogP contribution in [0.5, 0.6) is 0 Å². The largest absolute Gasteiger partial charge is 0.232 e. The summed E-state index contributed by atoms with van der Waals surface area (Å²) in [5.74, 6) is 0.276. The van der Waals surface area contributed by atoms with Crippen LogP contribution in [0.1, 0.15) is 26.7 Å². The van der Waals surface area contributed by atoms with Crippen molar-refractivity contribution in [1.82, 2.24) is 0 Å². The van der Waals surface area contributed by atoms with E-state index in [9.17, 15) is 8.42 Å². The zero-order valence-corrected chi connectivity index (χ0v) is 7.49. The van der Waals surface area contributed by atoms with E-state index in [2.05, 4.69) is 6.92 Å². The molecule has 0 rings (SSSR count). The molecule has 1 radical (unpaired) electrons. The minimum Gasteiger partial charge on any atom is -0.232 e. The molecule has 0 bridgehead atoms. The lowest BCUT2D eigenvalue weighted by atomic mass is 9.91. The Labute approximate surface area is 64.6 Å². The van der Waals surface area contributed by atoms with Crippen molar-refractivity contribution in [3.8, 4) is 0 Å². The van der Waals surface area contributed by atoms with Crippen molar-refractivity contribution in [3.63, 3.8) is 0 Å². The van der Waals surface area contributed by atoms with Crippen LogP contribution in [0.2, 0.25) is 0 Å². The van der Waals surface area contributed by atoms with Crippen LogP contribution >= 0.6 is 0 Å². The Bertz CT molecular complexity index is 151. The third-order valence-electron chi connectivity index (χ3n) is 1.41. The summed E-state index contributed by atoms with van der Waals surface area (Å²) in [6.45, 7) is 7.58. The quantitative estimate of drug-likeness (QED) is 0.633. The molecule has 10 heavy (non-hydrogen) atoms. The third-order valence-corrected chi connectivity index (χ3v) is 2.52. The minimum absolute atomic E-state index is 0.0864. The summed E-state index contributed by atoms with van der Waals surface area (Å²) in [5.41, 5.74) is -0.0864. The maximum Gasteiger partial charge on any atom is 0.140 e. The van der Waals surface area contributed by atoms with Crippen LogP contribution in [0.3, 0.4) is 0 Å². The lowest BCUT2D eigenvalue weighted by Gasteiger charge is -2.19. The summed E-state index contributed by atoms with van der Waals surface area (Å²) < 4.78 is 20.6. The van der Waals surface area contributed by atoms with Crippen molar-refractivity contribution in [3.05, 3.63) is 6.92 Å². The summed E-state index contributed by atoms with van der Waals surface area (Å²) in [6, 6.07) is 0. The molecule has 0 saturated heterocycles. The Morgan fingerprint density at radius 3 is 2.20 bits per heavy atom. The average molecular weight is 163 g/mol. The molecule has 2 nitrogen and oxygen atoms in total. The van der Waals surface area contributed by atoms with E-state index >= 15 is 0 Å². The van der Waals surface area contributed by atoms with Gasteiger partial charge in [0.15, 0.2) is 0 Å². The molecule has 0 saturated carbocycles. The van der Waals surface area contributed by atoms with Gasteiger partial charge in [-0.2, -0.15) is 0 Å². The average Bonchev–Trinajstić information content (AvgIpc) is 1.59. The first-order valence-corrected chi connectivity index (χ1v) is 4.75. The van der Waals surface area contributed by atoms with E-state index in [1.165, 1.54) is 0 Å². The van der Waals surface area contributed by atoms with Crippen LogP contribution in [0.25, 0.3) is 0 Å². The molecule has 0 aromatic heterocycles. The Morgan fingerprint density at radius 2 is 1.90 bits per heavy atom. The molecule has 0 aliphatic rings. The summed E-state index contributed by atoms with van der Waals surface area (Å²) in [5, 5.41) is 0. The van der Waals surface area contributed by atoms with Crippen LogP contribution in [0.15, 0.2) is 0 Å². The van der Waals surface area contributed by atoms with Gasteiger partial charge in [0.05, 0.1) is 5.75 Å². The maximum absolute atomic E-state index is 10.3. The Balaban J connectivity index is 3.85. The Kier molecular flexibility index (Phi) is 3.94. The van der Waals surface area contributed by atoms with Gasteiger partial charge in [0, 0.05) is 0 Å². The first-order chi connectivity index (χ1) is 4.48. The van der Waals surface area contributed by atoms with Crippen LogP contribution < -0.4 is 0 Å². The van der Waals surface area contributed by atoms with E-state index in [4.69, 9.17) is 0 Å². The van der Waals surface area contributed by atoms with Gasteiger partial charge in [-0.1, -0.05) is 27.2 Å². The highest BCUT2D eigenvalue weighted by atomic mass is 32.2. The van der Waals surface area contributed by atoms with Gasteiger partial charge in [-0.15, -0.1) is 0 Å². The normalized spacial score (nSPS) is 12.4. The molecule has 0 atom stereocenters. The number of rotatable bonds is 4. The molecule has 3 heteroatoms. The minimum atomic E-state index is -2.23. The summed E-state index contributed by atoms with van der Waals surface area (Å²) in [4.78, 5) is 0. The lowest BCUT2D eigenvalue weighted by Crippen LogP contribution is -2.17. The van der Waals surface area contributed by atoms with Gasteiger partial charge in [-0.05, 0) is 11.8 Å². The molecule has 0 N–H and O–H groups in total. The molecule has 0 aliphatic heterocycles. The van der Waals surface area contributed by atoms with Gasteiger partial charge in [0.25, 0.3) is 0 Å². The van der Waals surface area contributed by atoms with Crippen molar-refractivity contribution in [2.75, 3.05) is 5.75 Å². The van der Waals surface area contributed by atoms with Gasteiger partial charge in [0.2, 0.25) is 0 Å². The Hall–Kier alpha value is -0.0500. The van der Waals surface area contributed by atoms with Gasteiger partial charge in [-0.25, -0.2) is 8.42 Å². The fraction of sp³-hybridized carbons (Fsp3) is 0.857. The predicted octanol–water partition coefficient (Wildman–Crippen LogP) is 1.24. The Morgan fingerprint density at radius 1 is 1.40 bits per heavy atom. The van der Waals surface area contributed by atoms with Gasteiger partial charge in [-0.3, -0.25) is 0 Å². The summed E-state index contributed by atoms with van der Waals surface area (Å²) in [7, 11) is -2.23. The predicted molar refractivity (Wildman–Crippen MR) is 43.6 cm³/mol. The van der Waals surface area contributed by atoms with Crippen LogP contribution in [-0.2, 0) is 10.7 Å². The summed E-state index contributed by atoms with van der Waals surface area (Å²) in [6.07, 6.45) is 1.67. The molecular formula is C7H15O2S. The monoisotopic (exact) mass is 163 g/mol. The second-order valence-electron chi connectivity index (χ2n) is 3.26. The number of thiol groups is 1. The highest BCUT2D eigenvalue weighted by Crippen LogP contribution is 2.21. The number of hydrogen-bond acceptors (Lipinski definition) is 2. The molecule has 0 aliphatic carbocycles. The van der Waals surface area contributed by atoms with Crippen molar-refractivity contribution in [2.45, 2.75) is 26.7 Å². The lowest BCUT2D eigenvalue weighted by molar-refractivity contribution is 0.383. The van der Waals surface area contributed by atoms with Crippen LogP contribution in [-0.4, -0.2) is 14.2 Å². The van der Waals surface area contributed by atoms with Crippen molar-refractivity contribution in [1.29, 1.82) is 0 Å². The molecule has 0 unspecified atom stereocenters. The van der Waals surface area contributed by atoms with Crippen molar-refractivity contribution in [2.24, 2.45) is 5.41 Å². The second kappa shape index (κ2) is 3.96. The first-order valence-electron chi connectivity index (χ1n) is 3.39. The highest BCUT2D eigenvalue weighted by molar-refractivity contribution is 7.72. The molecule has 0 amide bonds. The smallest absolute Gasteiger partial charge is 0.140 e. The molecule has 61 valence electrons. The second-order valence-corrected chi connectivity index (χ2v) is 4.24. The van der Waals surface area contributed by atoms with E-state index in [1.807, 2.05) is 13.8 Å². The summed E-state index contributed by atoms with van der Waals surface area (Å²) >= 11 is 0. The maximum atomic E-state index is 10.3. The fourth-order valence-corrected chi connectivity index (χ4v) is 1.76. The molecule has 0 aromatic rings. The molecule has 0 spiro atoms. The van der Waals surface area contributed by atoms with Crippen molar-refractivity contribution < 1.29 is 8.42 Å². The van der Waals surface area contributed by atoms with Crippen LogP contribution in [0.4, 0.5) is 0 Å². The third kappa shape index (κ3) is 4.79. The molecule has 0 heterocycles. The van der Waals surface area contributed by atoms with Gasteiger partial charge in [0.1, 0.15) is 10.7 Å². The van der Waals surface area contributed by atoms with E-state index in [0.29, 0.717) is 0 Å². The van der Waals surface area contributed by atoms with Crippen LogP contribution in [0, 0.1) is 12.3 Å². The van der Waals surface area contributed by atoms with E-state index in [-0.39, 0.29) is 11.2 Å². The standard InChI is InChI=1S/C7H15O2S/c1-4-5-7(2,3)6-10(8)9/h10H,1,4-6H2,2-3H3. The SMILES string of the molecule is [CH2]CCC(C)(C)C[SH](=O)=O. The number of hydrogen-bond donors (Lipinski definition) is 1.